The molecule has 8 nitrogen and oxygen atoms in total. The number of nitrogens with one attached hydrogen (secondary N) is 1. The van der Waals surface area contributed by atoms with Crippen LogP contribution in [0.2, 0.25) is 0 Å². The Hall–Kier alpha value is -4.59. The summed E-state index contributed by atoms with van der Waals surface area (Å²) in [5.74, 6) is -1.37. The molecular weight excluding hydrogens is 534 g/mol. The molecule has 0 heterocycles. The molecule has 3 aromatic rings. The van der Waals surface area contributed by atoms with Crippen LogP contribution in [-0.4, -0.2) is 37.7 Å². The second-order valence-corrected chi connectivity index (χ2v) is 9.53. The number of rotatable bonds is 17. The van der Waals surface area contributed by atoms with Crippen LogP contribution in [0.3, 0.4) is 0 Å². The maximum absolute atomic E-state index is 13.0. The van der Waals surface area contributed by atoms with E-state index in [9.17, 15) is 14.4 Å². The number of ether oxygens (including phenoxy) is 4. The Labute approximate surface area is 247 Å². The van der Waals surface area contributed by atoms with Crippen molar-refractivity contribution in [2.24, 2.45) is 0 Å². The van der Waals surface area contributed by atoms with E-state index in [2.05, 4.69) is 17.4 Å². The van der Waals surface area contributed by atoms with Crippen LogP contribution in [0, 0.1) is 0 Å². The summed E-state index contributed by atoms with van der Waals surface area (Å²) < 4.78 is 22.1. The Morgan fingerprint density at radius 2 is 1.40 bits per heavy atom. The Bertz CT molecular complexity index is 1300. The standard InChI is InChI=1S/C34H39NO7/c1-3-5-22-40-32(36)25-31(34(38)41-23-6-4-2)42-30-17-11-10-16-29(30)35-33(37)27-18-20-28(21-19-27)39-24-12-15-26-13-8-7-9-14-26/h7-11,13-14,16-21,25H,3-6,12,15,22-24H2,1-2H3,(H,35,37)/b31-25-. The quantitative estimate of drug-likeness (QED) is 0.0811. The van der Waals surface area contributed by atoms with E-state index in [0.29, 0.717) is 36.4 Å². The van der Waals surface area contributed by atoms with Crippen LogP contribution < -0.4 is 14.8 Å². The molecule has 0 fully saturated rings. The Kier molecular flexibility index (Phi) is 13.7. The number of anilines is 1. The minimum atomic E-state index is -0.795. The van der Waals surface area contributed by atoms with Gasteiger partial charge in [-0.15, -0.1) is 0 Å². The molecule has 1 N–H and O–H groups in total. The van der Waals surface area contributed by atoms with Crippen LogP contribution in [-0.2, 0) is 25.5 Å². The number of hydrogen-bond acceptors (Lipinski definition) is 7. The molecule has 0 aliphatic carbocycles. The minimum absolute atomic E-state index is 0.171. The molecule has 0 aliphatic rings. The number of carbonyl (C=O) groups excluding carboxylic acids is 3. The van der Waals surface area contributed by atoms with E-state index in [-0.39, 0.29) is 30.6 Å². The zero-order valence-corrected chi connectivity index (χ0v) is 24.3. The van der Waals surface area contributed by atoms with Crippen molar-refractivity contribution in [1.82, 2.24) is 0 Å². The summed E-state index contributed by atoms with van der Waals surface area (Å²) in [7, 11) is 0. The van der Waals surface area contributed by atoms with Gasteiger partial charge >= 0.3 is 11.9 Å². The van der Waals surface area contributed by atoms with Gasteiger partial charge in [-0.2, -0.15) is 0 Å². The molecule has 0 saturated heterocycles. The fourth-order valence-corrected chi connectivity index (χ4v) is 3.76. The maximum Gasteiger partial charge on any atom is 0.374 e. The highest BCUT2D eigenvalue weighted by atomic mass is 16.6. The second-order valence-electron chi connectivity index (χ2n) is 9.53. The summed E-state index contributed by atoms with van der Waals surface area (Å²) in [5, 5.41) is 2.81. The lowest BCUT2D eigenvalue weighted by atomic mass is 10.1. The van der Waals surface area contributed by atoms with Crippen molar-refractivity contribution in [3.05, 3.63) is 102 Å². The van der Waals surface area contributed by atoms with Gasteiger partial charge in [-0.25, -0.2) is 9.59 Å². The van der Waals surface area contributed by atoms with Crippen LogP contribution >= 0.6 is 0 Å². The van der Waals surface area contributed by atoms with Crippen LogP contribution in [0.25, 0.3) is 0 Å². The first-order valence-corrected chi connectivity index (χ1v) is 14.4. The lowest BCUT2D eigenvalue weighted by molar-refractivity contribution is -0.143. The highest BCUT2D eigenvalue weighted by molar-refractivity contribution is 6.05. The van der Waals surface area contributed by atoms with E-state index < -0.39 is 11.9 Å². The van der Waals surface area contributed by atoms with Gasteiger partial charge in [0.05, 0.1) is 31.6 Å². The molecule has 0 atom stereocenters. The number of carbonyl (C=O) groups is 3. The summed E-state index contributed by atoms with van der Waals surface area (Å²) in [6.45, 7) is 4.93. The van der Waals surface area contributed by atoms with E-state index in [1.54, 1.807) is 48.5 Å². The van der Waals surface area contributed by atoms with Crippen molar-refractivity contribution in [1.29, 1.82) is 0 Å². The predicted octanol–water partition coefficient (Wildman–Crippen LogP) is 6.90. The highest BCUT2D eigenvalue weighted by Crippen LogP contribution is 2.27. The molecule has 8 heteroatoms. The summed E-state index contributed by atoms with van der Waals surface area (Å²) >= 11 is 0. The van der Waals surface area contributed by atoms with Crippen molar-refractivity contribution in [2.75, 3.05) is 25.1 Å². The summed E-state index contributed by atoms with van der Waals surface area (Å²) in [6, 6.07) is 23.7. The average Bonchev–Trinajstić information content (AvgIpc) is 3.01. The molecule has 0 radical (unpaired) electrons. The lowest BCUT2D eigenvalue weighted by Crippen LogP contribution is -2.18. The third-order valence-corrected chi connectivity index (χ3v) is 6.12. The highest BCUT2D eigenvalue weighted by Gasteiger charge is 2.19. The van der Waals surface area contributed by atoms with Crippen molar-refractivity contribution < 1.29 is 33.3 Å². The molecule has 222 valence electrons. The van der Waals surface area contributed by atoms with Gasteiger partial charge in [-0.05, 0) is 67.6 Å². The number of amides is 1. The number of hydrogen-bond donors (Lipinski definition) is 1. The van der Waals surface area contributed by atoms with Gasteiger partial charge < -0.3 is 24.3 Å². The summed E-state index contributed by atoms with van der Waals surface area (Å²) in [4.78, 5) is 38.1. The van der Waals surface area contributed by atoms with Crippen molar-refractivity contribution in [3.8, 4) is 11.5 Å². The van der Waals surface area contributed by atoms with Crippen LogP contribution in [0.1, 0.15) is 61.9 Å². The third kappa shape index (κ3) is 11.1. The molecule has 42 heavy (non-hydrogen) atoms. The topological polar surface area (TPSA) is 100 Å². The zero-order valence-electron chi connectivity index (χ0n) is 24.3. The largest absolute Gasteiger partial charge is 0.494 e. The van der Waals surface area contributed by atoms with Crippen LogP contribution in [0.5, 0.6) is 11.5 Å². The number of para-hydroxylation sites is 2. The van der Waals surface area contributed by atoms with E-state index in [0.717, 1.165) is 31.8 Å². The number of aryl methyl sites for hydroxylation is 1. The third-order valence-electron chi connectivity index (χ3n) is 6.12. The molecule has 3 aromatic carbocycles. The minimum Gasteiger partial charge on any atom is -0.494 e. The first-order chi connectivity index (χ1) is 20.5. The zero-order chi connectivity index (χ0) is 30.0. The SMILES string of the molecule is CCCCOC(=O)/C=C(\Oc1ccccc1NC(=O)c1ccc(OCCCc2ccccc2)cc1)C(=O)OCCCC. The molecule has 0 spiro atoms. The van der Waals surface area contributed by atoms with Gasteiger partial charge in [-0.3, -0.25) is 4.79 Å². The van der Waals surface area contributed by atoms with Crippen molar-refractivity contribution in [3.63, 3.8) is 0 Å². The molecule has 1 amide bonds. The van der Waals surface area contributed by atoms with Crippen LogP contribution in [0.15, 0.2) is 90.7 Å². The molecule has 0 aliphatic heterocycles. The fraction of sp³-hybridized carbons (Fsp3) is 0.324. The monoisotopic (exact) mass is 573 g/mol. The number of unbranched alkanes of at least 4 members (excludes halogenated alkanes) is 2. The van der Waals surface area contributed by atoms with Gasteiger partial charge in [0.25, 0.3) is 5.91 Å². The molecule has 0 unspecified atom stereocenters. The van der Waals surface area contributed by atoms with Gasteiger partial charge in [0.1, 0.15) is 5.75 Å². The lowest BCUT2D eigenvalue weighted by Gasteiger charge is -2.14. The number of esters is 2. The Morgan fingerprint density at radius 1 is 0.738 bits per heavy atom. The smallest absolute Gasteiger partial charge is 0.374 e. The molecule has 0 bridgehead atoms. The first-order valence-electron chi connectivity index (χ1n) is 14.4. The normalized spacial score (nSPS) is 11.0. The van der Waals surface area contributed by atoms with Crippen molar-refractivity contribution in [2.45, 2.75) is 52.4 Å². The van der Waals surface area contributed by atoms with Gasteiger partial charge in [-0.1, -0.05) is 69.2 Å². The maximum atomic E-state index is 13.0. The van der Waals surface area contributed by atoms with Gasteiger partial charge in [0.15, 0.2) is 5.75 Å². The van der Waals surface area contributed by atoms with Gasteiger partial charge in [0.2, 0.25) is 5.76 Å². The average molecular weight is 574 g/mol. The van der Waals surface area contributed by atoms with E-state index >= 15 is 0 Å². The Morgan fingerprint density at radius 3 is 2.12 bits per heavy atom. The van der Waals surface area contributed by atoms with E-state index in [1.807, 2.05) is 32.0 Å². The fourth-order valence-electron chi connectivity index (χ4n) is 3.76. The Balaban J connectivity index is 1.63. The first kappa shape index (κ1) is 31.9. The number of benzene rings is 3. The molecular formula is C34H39NO7. The molecule has 0 saturated carbocycles. The van der Waals surface area contributed by atoms with E-state index in [4.69, 9.17) is 18.9 Å². The summed E-state index contributed by atoms with van der Waals surface area (Å²) in [5.41, 5.74) is 1.99. The predicted molar refractivity (Wildman–Crippen MR) is 162 cm³/mol. The molecule has 3 rings (SSSR count). The second kappa shape index (κ2) is 18.0. The molecule has 0 aromatic heterocycles. The summed E-state index contributed by atoms with van der Waals surface area (Å²) in [6.07, 6.45) is 5.84. The van der Waals surface area contributed by atoms with Crippen LogP contribution in [0.4, 0.5) is 5.69 Å². The van der Waals surface area contributed by atoms with E-state index in [1.165, 1.54) is 5.56 Å². The van der Waals surface area contributed by atoms with Crippen molar-refractivity contribution >= 4 is 23.5 Å². The van der Waals surface area contributed by atoms with Gasteiger partial charge in [0, 0.05) is 5.56 Å².